The van der Waals surface area contributed by atoms with Crippen LogP contribution in [0.5, 0.6) is 0 Å². The topological polar surface area (TPSA) is 108 Å². The van der Waals surface area contributed by atoms with Crippen LogP contribution in [-0.4, -0.2) is 41.6 Å². The Morgan fingerprint density at radius 3 is 2.26 bits per heavy atom. The summed E-state index contributed by atoms with van der Waals surface area (Å²) in [5.74, 6) is -1.21. The van der Waals surface area contributed by atoms with E-state index in [4.69, 9.17) is 5.11 Å². The largest absolute Gasteiger partial charge is 0.480 e. The third kappa shape index (κ3) is 8.87. The number of nitrogens with one attached hydrogen (secondary N) is 3. The molecule has 0 rings (SSSR count). The second-order valence-electron chi connectivity index (χ2n) is 4.55. The standard InChI is InChI=1S/C12H23N3O4/c1-4-5-9(11(17)18)15-12(19)13-7-6-10(16)14-8(2)3/h8-9H,4-7H2,1-3H3,(H,14,16)(H,17,18)(H2,13,15,19)/t9-/m1/s1. The minimum Gasteiger partial charge on any atom is -0.480 e. The van der Waals surface area contributed by atoms with E-state index in [2.05, 4.69) is 16.0 Å². The maximum Gasteiger partial charge on any atom is 0.326 e. The average Bonchev–Trinajstić information content (AvgIpc) is 2.27. The first-order valence-corrected chi connectivity index (χ1v) is 6.43. The molecule has 0 unspecified atom stereocenters. The van der Waals surface area contributed by atoms with Gasteiger partial charge < -0.3 is 21.1 Å². The van der Waals surface area contributed by atoms with Gasteiger partial charge in [-0.15, -0.1) is 0 Å². The summed E-state index contributed by atoms with van der Waals surface area (Å²) >= 11 is 0. The maximum atomic E-state index is 11.4. The maximum absolute atomic E-state index is 11.4. The second kappa shape index (κ2) is 9.18. The Bertz CT molecular complexity index is 318. The van der Waals surface area contributed by atoms with Gasteiger partial charge in [0.25, 0.3) is 0 Å². The van der Waals surface area contributed by atoms with Gasteiger partial charge in [-0.1, -0.05) is 13.3 Å². The molecule has 0 aliphatic carbocycles. The van der Waals surface area contributed by atoms with Gasteiger partial charge >= 0.3 is 12.0 Å². The highest BCUT2D eigenvalue weighted by Gasteiger charge is 2.18. The molecule has 7 nitrogen and oxygen atoms in total. The van der Waals surface area contributed by atoms with E-state index < -0.39 is 18.0 Å². The van der Waals surface area contributed by atoms with Crippen LogP contribution in [0, 0.1) is 0 Å². The van der Waals surface area contributed by atoms with E-state index in [0.717, 1.165) is 0 Å². The highest BCUT2D eigenvalue weighted by molar-refractivity contribution is 5.83. The van der Waals surface area contributed by atoms with Gasteiger partial charge in [0.15, 0.2) is 0 Å². The number of amides is 3. The van der Waals surface area contributed by atoms with E-state index in [1.54, 1.807) is 0 Å². The van der Waals surface area contributed by atoms with Crippen LogP contribution < -0.4 is 16.0 Å². The molecule has 3 amide bonds. The number of carboxylic acid groups (broad SMARTS) is 1. The molecular formula is C12H23N3O4. The summed E-state index contributed by atoms with van der Waals surface area (Å²) in [6.07, 6.45) is 1.20. The SMILES string of the molecule is CCC[C@@H](NC(=O)NCCC(=O)NC(C)C)C(=O)O. The summed E-state index contributed by atoms with van der Waals surface area (Å²) in [6.45, 7) is 5.70. The molecule has 0 spiro atoms. The smallest absolute Gasteiger partial charge is 0.326 e. The predicted molar refractivity (Wildman–Crippen MR) is 70.8 cm³/mol. The Hall–Kier alpha value is -1.79. The predicted octanol–water partition coefficient (Wildman–Crippen LogP) is 0.454. The lowest BCUT2D eigenvalue weighted by molar-refractivity contribution is -0.139. The van der Waals surface area contributed by atoms with Crippen molar-refractivity contribution in [3.63, 3.8) is 0 Å². The zero-order valence-corrected chi connectivity index (χ0v) is 11.7. The molecule has 4 N–H and O–H groups in total. The van der Waals surface area contributed by atoms with Crippen molar-refractivity contribution in [3.05, 3.63) is 0 Å². The van der Waals surface area contributed by atoms with Crippen molar-refractivity contribution in [2.24, 2.45) is 0 Å². The fraction of sp³-hybridized carbons (Fsp3) is 0.750. The van der Waals surface area contributed by atoms with Gasteiger partial charge in [-0.2, -0.15) is 0 Å². The number of aliphatic carboxylic acids is 1. The van der Waals surface area contributed by atoms with Crippen molar-refractivity contribution in [2.45, 2.75) is 52.1 Å². The Morgan fingerprint density at radius 1 is 1.16 bits per heavy atom. The average molecular weight is 273 g/mol. The minimum atomic E-state index is -1.06. The van der Waals surface area contributed by atoms with Crippen LogP contribution in [0.3, 0.4) is 0 Å². The lowest BCUT2D eigenvalue weighted by Crippen LogP contribution is -2.46. The molecule has 0 fully saturated rings. The number of rotatable bonds is 8. The molecule has 0 aromatic carbocycles. The summed E-state index contributed by atoms with van der Waals surface area (Å²) in [5, 5.41) is 16.4. The summed E-state index contributed by atoms with van der Waals surface area (Å²) in [4.78, 5) is 33.5. The third-order valence-electron chi connectivity index (χ3n) is 2.27. The number of hydrogen-bond acceptors (Lipinski definition) is 3. The van der Waals surface area contributed by atoms with E-state index >= 15 is 0 Å². The molecular weight excluding hydrogens is 250 g/mol. The highest BCUT2D eigenvalue weighted by atomic mass is 16.4. The van der Waals surface area contributed by atoms with Crippen LogP contribution in [-0.2, 0) is 9.59 Å². The summed E-state index contributed by atoms with van der Waals surface area (Å²) in [7, 11) is 0. The molecule has 1 atom stereocenters. The van der Waals surface area contributed by atoms with Crippen molar-refractivity contribution in [3.8, 4) is 0 Å². The quantitative estimate of drug-likeness (QED) is 0.515. The summed E-state index contributed by atoms with van der Waals surface area (Å²) < 4.78 is 0. The molecule has 0 saturated heterocycles. The molecule has 19 heavy (non-hydrogen) atoms. The molecule has 7 heteroatoms. The zero-order valence-electron chi connectivity index (χ0n) is 11.7. The molecule has 0 heterocycles. The summed E-state index contributed by atoms with van der Waals surface area (Å²) in [6, 6.07) is -1.41. The molecule has 0 saturated carbocycles. The second-order valence-corrected chi connectivity index (χ2v) is 4.55. The molecule has 0 aliphatic rings. The van der Waals surface area contributed by atoms with Crippen LogP contribution in [0.15, 0.2) is 0 Å². The number of hydrogen-bond donors (Lipinski definition) is 4. The molecule has 0 bridgehead atoms. The van der Waals surface area contributed by atoms with Gasteiger partial charge in [-0.3, -0.25) is 4.79 Å². The number of carboxylic acids is 1. The van der Waals surface area contributed by atoms with Gasteiger partial charge in [0.05, 0.1) is 0 Å². The first kappa shape index (κ1) is 17.2. The minimum absolute atomic E-state index is 0.0577. The number of carbonyl (C=O) groups is 3. The van der Waals surface area contributed by atoms with Gasteiger partial charge in [0.2, 0.25) is 5.91 Å². The number of carbonyl (C=O) groups excluding carboxylic acids is 2. The van der Waals surface area contributed by atoms with Crippen molar-refractivity contribution in [1.82, 2.24) is 16.0 Å². The van der Waals surface area contributed by atoms with Gasteiger partial charge in [0, 0.05) is 19.0 Å². The van der Waals surface area contributed by atoms with Crippen LogP contribution in [0.4, 0.5) is 4.79 Å². The van der Waals surface area contributed by atoms with Gasteiger partial charge in [0.1, 0.15) is 6.04 Å². The highest BCUT2D eigenvalue weighted by Crippen LogP contribution is 1.96. The van der Waals surface area contributed by atoms with Crippen molar-refractivity contribution in [2.75, 3.05) is 6.54 Å². The van der Waals surface area contributed by atoms with Gasteiger partial charge in [-0.05, 0) is 20.3 Å². The van der Waals surface area contributed by atoms with Crippen molar-refractivity contribution < 1.29 is 19.5 Å². The van der Waals surface area contributed by atoms with Crippen LogP contribution >= 0.6 is 0 Å². The lowest BCUT2D eigenvalue weighted by atomic mass is 10.2. The molecule has 0 aliphatic heterocycles. The fourth-order valence-corrected chi connectivity index (χ4v) is 1.44. The fourth-order valence-electron chi connectivity index (χ4n) is 1.44. The van der Waals surface area contributed by atoms with E-state index in [1.165, 1.54) is 0 Å². The van der Waals surface area contributed by atoms with E-state index in [0.29, 0.717) is 12.8 Å². The molecule has 0 aromatic rings. The van der Waals surface area contributed by atoms with Gasteiger partial charge in [-0.25, -0.2) is 9.59 Å². The van der Waals surface area contributed by atoms with Crippen LogP contribution in [0.1, 0.15) is 40.0 Å². The first-order valence-electron chi connectivity index (χ1n) is 6.43. The number of urea groups is 1. The van der Waals surface area contributed by atoms with E-state index in [1.807, 2.05) is 20.8 Å². The third-order valence-corrected chi connectivity index (χ3v) is 2.27. The summed E-state index contributed by atoms with van der Waals surface area (Å²) in [5.41, 5.74) is 0. The monoisotopic (exact) mass is 273 g/mol. The first-order chi connectivity index (χ1) is 8.86. The zero-order chi connectivity index (χ0) is 14.8. The molecule has 110 valence electrons. The Balaban J connectivity index is 3.91. The van der Waals surface area contributed by atoms with Crippen LogP contribution in [0.25, 0.3) is 0 Å². The lowest BCUT2D eigenvalue weighted by Gasteiger charge is -2.14. The van der Waals surface area contributed by atoms with E-state index in [-0.39, 0.29) is 24.9 Å². The normalized spacial score (nSPS) is 11.8. The molecule has 0 radical (unpaired) electrons. The Kier molecular flexibility index (Phi) is 8.32. The Labute approximate surface area is 113 Å². The van der Waals surface area contributed by atoms with Crippen molar-refractivity contribution in [1.29, 1.82) is 0 Å². The Morgan fingerprint density at radius 2 is 1.79 bits per heavy atom. The molecule has 0 aromatic heterocycles. The van der Waals surface area contributed by atoms with E-state index in [9.17, 15) is 14.4 Å². The van der Waals surface area contributed by atoms with Crippen molar-refractivity contribution >= 4 is 17.9 Å². The van der Waals surface area contributed by atoms with Crippen LogP contribution in [0.2, 0.25) is 0 Å².